The van der Waals surface area contributed by atoms with E-state index >= 15 is 0 Å². The van der Waals surface area contributed by atoms with Gasteiger partial charge >= 0.3 is 0 Å². The fraction of sp³-hybridized carbons (Fsp3) is 0.0732. The highest BCUT2D eigenvalue weighted by Crippen LogP contribution is 2.52. The highest BCUT2D eigenvalue weighted by atomic mass is 32.2. The van der Waals surface area contributed by atoms with Crippen molar-refractivity contribution < 1.29 is 4.11 Å². The molecule has 0 fully saturated rings. The Morgan fingerprint density at radius 3 is 1.77 bits per heavy atom. The third kappa shape index (κ3) is 3.28. The molecule has 0 N–H and O–H groups in total. The van der Waals surface area contributed by atoms with Crippen LogP contribution in [0.3, 0.4) is 0 Å². The van der Waals surface area contributed by atoms with Crippen molar-refractivity contribution in [1.82, 2.24) is 27.9 Å². The SMILES string of the molecule is [2H]C([2H])([2H])C1(C)c2cc(-n3c4ccccc4n4c5ccccc5nc34)ccc2Sc2c(-n3c4ccccc4n4c5ccccc5nc34)cccc21. The average molecular weight is 640 g/mol. The summed E-state index contributed by atoms with van der Waals surface area (Å²) in [4.78, 5) is 12.0. The second-order valence-electron chi connectivity index (χ2n) is 12.7. The van der Waals surface area contributed by atoms with Gasteiger partial charge in [0.2, 0.25) is 11.6 Å². The van der Waals surface area contributed by atoms with E-state index in [2.05, 4.69) is 78.6 Å². The van der Waals surface area contributed by atoms with E-state index in [1.54, 1.807) is 11.8 Å². The molecule has 11 rings (SSSR count). The lowest BCUT2D eigenvalue weighted by Crippen LogP contribution is -2.25. The van der Waals surface area contributed by atoms with Gasteiger partial charge in [0, 0.05) is 25.0 Å². The predicted octanol–water partition coefficient (Wildman–Crippen LogP) is 9.97. The highest BCUT2D eigenvalue weighted by Gasteiger charge is 2.36. The van der Waals surface area contributed by atoms with Gasteiger partial charge in [-0.1, -0.05) is 86.2 Å². The molecule has 7 heteroatoms. The van der Waals surface area contributed by atoms with E-state index in [1.807, 2.05) is 79.7 Å². The Hall–Kier alpha value is -5.79. The molecule has 5 heterocycles. The molecular weight excluding hydrogens is 609 g/mol. The molecule has 228 valence electrons. The fourth-order valence-electron chi connectivity index (χ4n) is 7.79. The Labute approximate surface area is 283 Å². The number of imidazole rings is 4. The van der Waals surface area contributed by atoms with Crippen LogP contribution < -0.4 is 0 Å². The van der Waals surface area contributed by atoms with Crippen molar-refractivity contribution in [3.8, 4) is 11.4 Å². The summed E-state index contributed by atoms with van der Waals surface area (Å²) in [5, 5.41) is 0. The van der Waals surface area contributed by atoms with E-state index in [0.29, 0.717) is 0 Å². The first kappa shape index (κ1) is 23.5. The van der Waals surface area contributed by atoms with Crippen LogP contribution in [0.15, 0.2) is 143 Å². The second kappa shape index (κ2) is 9.18. The van der Waals surface area contributed by atoms with Gasteiger partial charge in [-0.3, -0.25) is 17.9 Å². The molecule has 6 aromatic carbocycles. The Morgan fingerprint density at radius 1 is 0.562 bits per heavy atom. The molecule has 1 aliphatic heterocycles. The molecule has 0 spiro atoms. The topological polar surface area (TPSA) is 44.5 Å². The smallest absolute Gasteiger partial charge is 0.220 e. The fourth-order valence-corrected chi connectivity index (χ4v) is 9.16. The van der Waals surface area contributed by atoms with Crippen LogP contribution in [0.2, 0.25) is 0 Å². The van der Waals surface area contributed by atoms with Crippen LogP contribution in [-0.4, -0.2) is 27.9 Å². The summed E-state index contributed by atoms with van der Waals surface area (Å²) in [5.74, 6) is 1.58. The Bertz CT molecular complexity index is 3090. The molecule has 0 aliphatic carbocycles. The molecule has 0 radical (unpaired) electrons. The van der Waals surface area contributed by atoms with Gasteiger partial charge in [0.15, 0.2) is 0 Å². The summed E-state index contributed by atoms with van der Waals surface area (Å²) < 4.78 is 36.1. The van der Waals surface area contributed by atoms with E-state index < -0.39 is 12.3 Å². The predicted molar refractivity (Wildman–Crippen MR) is 195 cm³/mol. The average Bonchev–Trinajstić information content (AvgIpc) is 3.87. The standard InChI is InChI=1S/C41H28N6S/c1-41(2)26-12-11-21-36(47-35-20-10-9-19-34(35)46-31-16-6-4-14-29(31)43-40(46)47)38(26)48-37-23-22-25(24-27(37)41)44-32-17-7-8-18-33(32)45-30-15-5-3-13-28(30)42-39(44)45/h3-24H,1-2H3/i1D3. The minimum absolute atomic E-state index is 0.774. The molecule has 4 aromatic heterocycles. The molecule has 0 bridgehead atoms. The van der Waals surface area contributed by atoms with Crippen molar-refractivity contribution in [3.05, 3.63) is 145 Å². The number of hydrogen-bond donors (Lipinski definition) is 0. The van der Waals surface area contributed by atoms with Crippen LogP contribution in [0.25, 0.3) is 67.1 Å². The van der Waals surface area contributed by atoms with E-state index in [9.17, 15) is 0 Å². The van der Waals surface area contributed by atoms with Crippen molar-refractivity contribution >= 4 is 67.5 Å². The summed E-state index contributed by atoms with van der Waals surface area (Å²) in [6.45, 7) is -0.480. The van der Waals surface area contributed by atoms with Crippen molar-refractivity contribution in [2.24, 2.45) is 0 Å². The summed E-state index contributed by atoms with van der Waals surface area (Å²) in [7, 11) is 0. The summed E-state index contributed by atoms with van der Waals surface area (Å²) >= 11 is 1.63. The number of fused-ring (bicyclic) bond motifs is 12. The van der Waals surface area contributed by atoms with Crippen LogP contribution >= 0.6 is 11.8 Å². The monoisotopic (exact) mass is 639 g/mol. The first-order chi connectivity index (χ1) is 24.8. The lowest BCUT2D eigenvalue weighted by Gasteiger charge is -2.36. The van der Waals surface area contributed by atoms with Crippen LogP contribution in [0.1, 0.15) is 29.0 Å². The molecule has 1 atom stereocenters. The first-order valence-corrected chi connectivity index (χ1v) is 16.8. The van der Waals surface area contributed by atoms with Crippen LogP contribution in [0.5, 0.6) is 0 Å². The summed E-state index contributed by atoms with van der Waals surface area (Å²) in [6, 6.07) is 45.2. The van der Waals surface area contributed by atoms with E-state index in [0.717, 1.165) is 88.0 Å². The molecule has 1 unspecified atom stereocenters. The molecule has 0 amide bonds. The Kier molecular flexibility index (Phi) is 4.50. The minimum atomic E-state index is -2.36. The van der Waals surface area contributed by atoms with Crippen LogP contribution in [0, 0.1) is 0 Å². The molecule has 6 nitrogen and oxygen atoms in total. The van der Waals surface area contributed by atoms with Crippen molar-refractivity contribution in [3.63, 3.8) is 0 Å². The van der Waals surface area contributed by atoms with E-state index in [-0.39, 0.29) is 0 Å². The molecule has 0 saturated heterocycles. The molecule has 1 aliphatic rings. The zero-order valence-corrected chi connectivity index (χ0v) is 26.6. The quantitative estimate of drug-likeness (QED) is 0.189. The molecule has 0 saturated carbocycles. The Morgan fingerprint density at radius 2 is 1.12 bits per heavy atom. The summed E-state index contributed by atoms with van der Waals surface area (Å²) in [6.07, 6.45) is 0. The number of aromatic nitrogens is 6. The van der Waals surface area contributed by atoms with Gasteiger partial charge in [0.1, 0.15) is 0 Å². The van der Waals surface area contributed by atoms with Gasteiger partial charge < -0.3 is 0 Å². The third-order valence-electron chi connectivity index (χ3n) is 9.96. The largest absolute Gasteiger partial charge is 0.278 e. The van der Waals surface area contributed by atoms with E-state index in [4.69, 9.17) is 14.1 Å². The number of nitrogens with zero attached hydrogens (tertiary/aromatic N) is 6. The molecule has 10 aromatic rings. The number of rotatable bonds is 2. The highest BCUT2D eigenvalue weighted by molar-refractivity contribution is 7.99. The minimum Gasteiger partial charge on any atom is -0.278 e. The van der Waals surface area contributed by atoms with Gasteiger partial charge in [-0.2, -0.15) is 0 Å². The van der Waals surface area contributed by atoms with Gasteiger partial charge in [-0.05, 0) is 83.9 Å². The normalized spacial score (nSPS) is 17.3. The zero-order valence-electron chi connectivity index (χ0n) is 28.8. The first-order valence-electron chi connectivity index (χ1n) is 17.5. The molecule has 48 heavy (non-hydrogen) atoms. The number of para-hydroxylation sites is 8. The molecular formula is C41H28N6S. The van der Waals surface area contributed by atoms with Crippen molar-refractivity contribution in [2.75, 3.05) is 0 Å². The maximum Gasteiger partial charge on any atom is 0.220 e. The zero-order chi connectivity index (χ0) is 34.2. The maximum atomic E-state index is 9.12. The van der Waals surface area contributed by atoms with Gasteiger partial charge in [-0.15, -0.1) is 0 Å². The third-order valence-corrected chi connectivity index (χ3v) is 11.2. The van der Waals surface area contributed by atoms with Crippen molar-refractivity contribution in [2.45, 2.75) is 29.0 Å². The number of benzene rings is 6. The van der Waals surface area contributed by atoms with Gasteiger partial charge in [0.25, 0.3) is 0 Å². The lowest BCUT2D eigenvalue weighted by molar-refractivity contribution is 0.605. The van der Waals surface area contributed by atoms with Gasteiger partial charge in [-0.25, -0.2) is 9.97 Å². The van der Waals surface area contributed by atoms with Crippen LogP contribution in [-0.2, 0) is 5.41 Å². The Balaban J connectivity index is 1.17. The maximum absolute atomic E-state index is 9.12. The number of hydrogen-bond acceptors (Lipinski definition) is 3. The summed E-state index contributed by atoms with van der Waals surface area (Å²) in [5.41, 5.74) is 9.98. The van der Waals surface area contributed by atoms with E-state index in [1.165, 1.54) is 0 Å². The van der Waals surface area contributed by atoms with Gasteiger partial charge in [0.05, 0.1) is 49.8 Å². The second-order valence-corrected chi connectivity index (χ2v) is 13.7. The van der Waals surface area contributed by atoms with Crippen LogP contribution in [0.4, 0.5) is 0 Å². The lowest BCUT2D eigenvalue weighted by atomic mass is 9.77. The van der Waals surface area contributed by atoms with Crippen molar-refractivity contribution in [1.29, 1.82) is 0 Å².